The van der Waals surface area contributed by atoms with E-state index < -0.39 is 5.97 Å². The van der Waals surface area contributed by atoms with Crippen LogP contribution in [0.5, 0.6) is 0 Å². The average molecular weight is 277 g/mol. The van der Waals surface area contributed by atoms with E-state index in [2.05, 4.69) is 5.16 Å². The highest BCUT2D eigenvalue weighted by Gasteiger charge is 2.18. The highest BCUT2D eigenvalue weighted by molar-refractivity contribution is 6.43. The Labute approximate surface area is 118 Å². The summed E-state index contributed by atoms with van der Waals surface area (Å²) in [6.07, 6.45) is 2.02. The van der Waals surface area contributed by atoms with Gasteiger partial charge in [0.2, 0.25) is 0 Å². The molecule has 5 nitrogen and oxygen atoms in total. The molecule has 0 spiro atoms. The van der Waals surface area contributed by atoms with Gasteiger partial charge in [0.25, 0.3) is 0 Å². The molecule has 1 aliphatic heterocycles. The Bertz CT molecular complexity index is 475. The van der Waals surface area contributed by atoms with Gasteiger partial charge in [-0.1, -0.05) is 29.4 Å². The summed E-state index contributed by atoms with van der Waals surface area (Å²) in [7, 11) is 0. The van der Waals surface area contributed by atoms with Crippen LogP contribution in [-0.4, -0.2) is 36.7 Å². The summed E-state index contributed by atoms with van der Waals surface area (Å²) >= 11 is 0. The van der Waals surface area contributed by atoms with Crippen molar-refractivity contribution in [3.8, 4) is 0 Å². The number of hydrogen-bond acceptors (Lipinski definition) is 5. The van der Waals surface area contributed by atoms with E-state index >= 15 is 0 Å². The van der Waals surface area contributed by atoms with Crippen molar-refractivity contribution >= 4 is 11.7 Å². The van der Waals surface area contributed by atoms with Gasteiger partial charge in [-0.2, -0.15) is 0 Å². The molecular formula is C15H19NO4. The predicted molar refractivity (Wildman–Crippen MR) is 74.2 cm³/mol. The van der Waals surface area contributed by atoms with Gasteiger partial charge in [-0.05, 0) is 31.2 Å². The van der Waals surface area contributed by atoms with Gasteiger partial charge < -0.3 is 14.7 Å². The number of esters is 1. The van der Waals surface area contributed by atoms with E-state index in [-0.39, 0.29) is 12.3 Å². The lowest BCUT2D eigenvalue weighted by atomic mass is 9.91. The van der Waals surface area contributed by atoms with Gasteiger partial charge >= 0.3 is 5.97 Å². The molecule has 0 atom stereocenters. The average Bonchev–Trinajstić information content (AvgIpc) is 2.50. The third kappa shape index (κ3) is 3.36. The molecule has 0 saturated carbocycles. The minimum Gasteiger partial charge on any atom is -0.461 e. The zero-order chi connectivity index (χ0) is 14.4. The number of ether oxygens (including phenoxy) is 2. The largest absolute Gasteiger partial charge is 0.461 e. The highest BCUT2D eigenvalue weighted by Crippen LogP contribution is 2.27. The first-order valence-corrected chi connectivity index (χ1v) is 6.83. The Morgan fingerprint density at radius 1 is 1.35 bits per heavy atom. The van der Waals surface area contributed by atoms with Crippen molar-refractivity contribution < 1.29 is 19.5 Å². The van der Waals surface area contributed by atoms with Crippen LogP contribution in [0.25, 0.3) is 0 Å². The maximum Gasteiger partial charge on any atom is 0.361 e. The Balaban J connectivity index is 2.12. The maximum absolute atomic E-state index is 11.6. The molecule has 5 heteroatoms. The summed E-state index contributed by atoms with van der Waals surface area (Å²) in [6, 6.07) is 7.51. The smallest absolute Gasteiger partial charge is 0.361 e. The Hall–Kier alpha value is -1.88. The zero-order valence-corrected chi connectivity index (χ0v) is 11.5. The van der Waals surface area contributed by atoms with Gasteiger partial charge in [-0.3, -0.25) is 0 Å². The predicted octanol–water partition coefficient (Wildman–Crippen LogP) is 2.32. The molecule has 1 aromatic rings. The number of oxime groups is 1. The monoisotopic (exact) mass is 277 g/mol. The van der Waals surface area contributed by atoms with Crippen molar-refractivity contribution in [1.82, 2.24) is 0 Å². The normalized spacial score (nSPS) is 16.9. The molecular weight excluding hydrogens is 258 g/mol. The van der Waals surface area contributed by atoms with Crippen molar-refractivity contribution in [1.29, 1.82) is 0 Å². The molecule has 1 aromatic carbocycles. The minimum absolute atomic E-state index is 0.0645. The van der Waals surface area contributed by atoms with E-state index in [0.717, 1.165) is 26.1 Å². The summed E-state index contributed by atoms with van der Waals surface area (Å²) in [4.78, 5) is 11.6. The number of carbonyl (C=O) groups is 1. The molecule has 0 bridgehead atoms. The molecule has 0 unspecified atom stereocenters. The number of rotatable bonds is 4. The van der Waals surface area contributed by atoms with E-state index in [1.54, 1.807) is 19.1 Å². The van der Waals surface area contributed by atoms with E-state index in [9.17, 15) is 4.79 Å². The maximum atomic E-state index is 11.6. The van der Waals surface area contributed by atoms with Crippen molar-refractivity contribution in [3.63, 3.8) is 0 Å². The fourth-order valence-electron chi connectivity index (χ4n) is 2.36. The van der Waals surface area contributed by atoms with Gasteiger partial charge in [-0.25, -0.2) is 4.79 Å². The van der Waals surface area contributed by atoms with Gasteiger partial charge in [0.05, 0.1) is 6.61 Å². The molecule has 0 aliphatic carbocycles. The lowest BCUT2D eigenvalue weighted by Gasteiger charge is -2.22. The SMILES string of the molecule is CCOC(=O)/C(=N\O)c1ccc(C2CCOCC2)cc1. The van der Waals surface area contributed by atoms with Crippen molar-refractivity contribution in [3.05, 3.63) is 35.4 Å². The van der Waals surface area contributed by atoms with Gasteiger partial charge in [0.15, 0.2) is 5.71 Å². The molecule has 1 N–H and O–H groups in total. The molecule has 1 heterocycles. The lowest BCUT2D eigenvalue weighted by Crippen LogP contribution is -2.19. The number of benzene rings is 1. The van der Waals surface area contributed by atoms with Crippen LogP contribution in [0.4, 0.5) is 0 Å². The van der Waals surface area contributed by atoms with Crippen molar-refractivity contribution in [2.45, 2.75) is 25.7 Å². The summed E-state index contributed by atoms with van der Waals surface area (Å²) in [5.41, 5.74) is 1.71. The second kappa shape index (κ2) is 7.05. The summed E-state index contributed by atoms with van der Waals surface area (Å²) in [5, 5.41) is 12.0. The third-order valence-electron chi connectivity index (χ3n) is 3.45. The van der Waals surface area contributed by atoms with Crippen LogP contribution in [0.15, 0.2) is 29.4 Å². The topological polar surface area (TPSA) is 68.1 Å². The summed E-state index contributed by atoms with van der Waals surface area (Å²) in [5.74, 6) is -0.122. The Morgan fingerprint density at radius 2 is 2.00 bits per heavy atom. The fourth-order valence-corrected chi connectivity index (χ4v) is 2.36. The van der Waals surface area contributed by atoms with Crippen LogP contribution in [0.2, 0.25) is 0 Å². The summed E-state index contributed by atoms with van der Waals surface area (Å²) in [6.45, 7) is 3.54. The second-order valence-electron chi connectivity index (χ2n) is 4.68. The molecule has 108 valence electrons. The van der Waals surface area contributed by atoms with Crippen LogP contribution >= 0.6 is 0 Å². The van der Waals surface area contributed by atoms with Crippen LogP contribution in [0.1, 0.15) is 36.8 Å². The quantitative estimate of drug-likeness (QED) is 0.397. The van der Waals surface area contributed by atoms with Gasteiger partial charge in [0.1, 0.15) is 0 Å². The summed E-state index contributed by atoms with van der Waals surface area (Å²) < 4.78 is 10.2. The van der Waals surface area contributed by atoms with E-state index in [1.807, 2.05) is 12.1 Å². The van der Waals surface area contributed by atoms with Crippen molar-refractivity contribution in [2.75, 3.05) is 19.8 Å². The minimum atomic E-state index is -0.617. The van der Waals surface area contributed by atoms with Gasteiger partial charge in [-0.15, -0.1) is 0 Å². The van der Waals surface area contributed by atoms with Crippen molar-refractivity contribution in [2.24, 2.45) is 5.16 Å². The first-order chi connectivity index (χ1) is 9.76. The van der Waals surface area contributed by atoms with Crippen LogP contribution in [-0.2, 0) is 14.3 Å². The Morgan fingerprint density at radius 3 is 2.55 bits per heavy atom. The number of carbonyl (C=O) groups excluding carboxylic acids is 1. The molecule has 0 amide bonds. The molecule has 1 saturated heterocycles. The molecule has 1 fully saturated rings. The number of hydrogen-bond donors (Lipinski definition) is 1. The zero-order valence-electron chi connectivity index (χ0n) is 11.5. The molecule has 20 heavy (non-hydrogen) atoms. The highest BCUT2D eigenvalue weighted by atomic mass is 16.5. The van der Waals surface area contributed by atoms with E-state index in [0.29, 0.717) is 11.5 Å². The van der Waals surface area contributed by atoms with E-state index in [1.165, 1.54) is 5.56 Å². The molecule has 0 aromatic heterocycles. The lowest BCUT2D eigenvalue weighted by molar-refractivity contribution is -0.135. The van der Waals surface area contributed by atoms with Crippen LogP contribution in [0.3, 0.4) is 0 Å². The first-order valence-electron chi connectivity index (χ1n) is 6.83. The third-order valence-corrected chi connectivity index (χ3v) is 3.45. The van der Waals surface area contributed by atoms with Crippen LogP contribution < -0.4 is 0 Å². The molecule has 0 radical (unpaired) electrons. The first kappa shape index (κ1) is 14.5. The van der Waals surface area contributed by atoms with Gasteiger partial charge in [0, 0.05) is 18.8 Å². The fraction of sp³-hybridized carbons (Fsp3) is 0.467. The number of nitrogens with zero attached hydrogens (tertiary/aromatic N) is 1. The second-order valence-corrected chi connectivity index (χ2v) is 4.68. The molecule has 1 aliphatic rings. The van der Waals surface area contributed by atoms with E-state index in [4.69, 9.17) is 14.7 Å². The standard InChI is InChI=1S/C15H19NO4/c1-2-20-15(17)14(16-18)13-5-3-11(4-6-13)12-7-9-19-10-8-12/h3-6,12,18H,2,7-10H2,1H3/b16-14-. The van der Waals surface area contributed by atoms with Crippen LogP contribution in [0, 0.1) is 0 Å². The Kier molecular flexibility index (Phi) is 5.12. The molecule has 2 rings (SSSR count).